The normalized spacial score (nSPS) is 16.0. The number of carbonyl (C=O) groups excluding carboxylic acids is 2. The molecule has 2 saturated carbocycles. The zero-order valence-corrected chi connectivity index (χ0v) is 22.6. The Morgan fingerprint density at radius 2 is 1.00 bits per heavy atom. The summed E-state index contributed by atoms with van der Waals surface area (Å²) in [6.45, 7) is 0. The Balaban J connectivity index is 1.08. The molecule has 2 aliphatic carbocycles. The van der Waals surface area contributed by atoms with Crippen LogP contribution in [0.15, 0.2) is 83.0 Å². The van der Waals surface area contributed by atoms with Gasteiger partial charge >= 0.3 is 0 Å². The number of hydrazone groups is 2. The van der Waals surface area contributed by atoms with Crippen LogP contribution in [-0.4, -0.2) is 36.3 Å². The average molecular weight is 537 g/mol. The first-order valence-corrected chi connectivity index (χ1v) is 14.1. The van der Waals surface area contributed by atoms with Crippen LogP contribution in [-0.2, 0) is 0 Å². The molecule has 2 amide bonds. The van der Waals surface area contributed by atoms with E-state index in [9.17, 15) is 9.59 Å². The molecule has 206 valence electrons. The molecule has 0 spiro atoms. The first kappa shape index (κ1) is 27.1. The van der Waals surface area contributed by atoms with Gasteiger partial charge in [0.05, 0.1) is 12.4 Å². The van der Waals surface area contributed by atoms with Crippen LogP contribution in [0.4, 0.5) is 11.4 Å². The largest absolute Gasteiger partial charge is 0.382 e. The van der Waals surface area contributed by atoms with Gasteiger partial charge in [0.15, 0.2) is 0 Å². The van der Waals surface area contributed by atoms with Crippen molar-refractivity contribution in [3.8, 4) is 0 Å². The Labute approximate surface area is 235 Å². The van der Waals surface area contributed by atoms with Crippen LogP contribution in [0.1, 0.15) is 83.2 Å². The number of amides is 2. The van der Waals surface area contributed by atoms with Gasteiger partial charge in [-0.2, -0.15) is 10.2 Å². The summed E-state index contributed by atoms with van der Waals surface area (Å²) in [5, 5.41) is 15.2. The molecular weight excluding hydrogens is 500 g/mol. The van der Waals surface area contributed by atoms with Gasteiger partial charge in [-0.25, -0.2) is 10.9 Å². The third-order valence-corrected chi connectivity index (χ3v) is 7.42. The maximum atomic E-state index is 12.5. The van der Waals surface area contributed by atoms with Crippen molar-refractivity contribution in [2.24, 2.45) is 10.2 Å². The van der Waals surface area contributed by atoms with Crippen molar-refractivity contribution in [3.63, 3.8) is 0 Å². The monoisotopic (exact) mass is 536 g/mol. The van der Waals surface area contributed by atoms with Gasteiger partial charge in [0.1, 0.15) is 0 Å². The summed E-state index contributed by atoms with van der Waals surface area (Å²) >= 11 is 0. The highest BCUT2D eigenvalue weighted by Gasteiger charge is 2.15. The van der Waals surface area contributed by atoms with Gasteiger partial charge in [-0.1, -0.05) is 43.9 Å². The van der Waals surface area contributed by atoms with Gasteiger partial charge < -0.3 is 10.6 Å². The molecule has 40 heavy (non-hydrogen) atoms. The number of benzene rings is 3. The molecule has 0 atom stereocenters. The molecule has 8 heteroatoms. The van der Waals surface area contributed by atoms with E-state index in [4.69, 9.17) is 0 Å². The molecule has 0 heterocycles. The van der Waals surface area contributed by atoms with Crippen LogP contribution in [0.25, 0.3) is 0 Å². The van der Waals surface area contributed by atoms with E-state index < -0.39 is 0 Å². The van der Waals surface area contributed by atoms with E-state index in [1.807, 2.05) is 48.5 Å². The highest BCUT2D eigenvalue weighted by Crippen LogP contribution is 2.23. The first-order valence-electron chi connectivity index (χ1n) is 14.1. The third kappa shape index (κ3) is 7.79. The highest BCUT2D eigenvalue weighted by molar-refractivity contribution is 5.96. The molecule has 3 aromatic carbocycles. The van der Waals surface area contributed by atoms with E-state index in [0.29, 0.717) is 23.2 Å². The second-order valence-electron chi connectivity index (χ2n) is 10.5. The minimum Gasteiger partial charge on any atom is -0.382 e. The number of carbonyl (C=O) groups is 2. The zero-order valence-electron chi connectivity index (χ0n) is 22.6. The molecule has 0 aliphatic heterocycles. The minimum atomic E-state index is -0.272. The maximum Gasteiger partial charge on any atom is 0.271 e. The second kappa shape index (κ2) is 13.6. The molecule has 0 bridgehead atoms. The lowest BCUT2D eigenvalue weighted by molar-refractivity contribution is 0.0947. The van der Waals surface area contributed by atoms with Gasteiger partial charge in [0, 0.05) is 34.6 Å². The third-order valence-electron chi connectivity index (χ3n) is 7.42. The fourth-order valence-corrected chi connectivity index (χ4v) is 5.23. The van der Waals surface area contributed by atoms with Crippen molar-refractivity contribution >= 4 is 35.6 Å². The van der Waals surface area contributed by atoms with E-state index >= 15 is 0 Å². The van der Waals surface area contributed by atoms with Crippen molar-refractivity contribution < 1.29 is 9.59 Å². The van der Waals surface area contributed by atoms with E-state index in [2.05, 4.69) is 31.7 Å². The summed E-state index contributed by atoms with van der Waals surface area (Å²) in [7, 11) is 0. The van der Waals surface area contributed by atoms with Gasteiger partial charge in [0.2, 0.25) is 0 Å². The first-order chi connectivity index (χ1) is 19.6. The van der Waals surface area contributed by atoms with Gasteiger partial charge in [-0.05, 0) is 91.4 Å². The van der Waals surface area contributed by atoms with Crippen LogP contribution in [0.2, 0.25) is 0 Å². The SMILES string of the molecule is O=C(N/N=C/c1cccc(/C=N/NC(=O)c2ccc(NC3CCCC3)cc2)c1)c1ccc(NC2CCCC2)cc1. The Morgan fingerprint density at radius 1 is 0.600 bits per heavy atom. The van der Waals surface area contributed by atoms with Crippen LogP contribution < -0.4 is 21.5 Å². The molecule has 0 aromatic heterocycles. The quantitative estimate of drug-likeness (QED) is 0.190. The average Bonchev–Trinajstić information content (AvgIpc) is 3.69. The van der Waals surface area contributed by atoms with Crippen LogP contribution >= 0.6 is 0 Å². The predicted octanol–water partition coefficient (Wildman–Crippen LogP) is 5.92. The standard InChI is InChI=1S/C32H36N6O2/c39-31(25-12-16-29(17-13-25)35-27-8-1-2-9-27)37-33-21-23-6-5-7-24(20-23)22-34-38-32(40)26-14-18-30(19-15-26)36-28-10-3-4-11-28/h5-7,12-22,27-28,35-36H,1-4,8-11H2,(H,37,39)(H,38,40)/b33-21+,34-22+. The Morgan fingerprint density at radius 3 is 1.40 bits per heavy atom. The molecule has 3 aromatic rings. The zero-order chi connectivity index (χ0) is 27.6. The fourth-order valence-electron chi connectivity index (χ4n) is 5.23. The summed E-state index contributed by atoms with van der Waals surface area (Å²) in [6, 6.07) is 23.5. The van der Waals surface area contributed by atoms with Crippen molar-refractivity contribution in [1.82, 2.24) is 10.9 Å². The van der Waals surface area contributed by atoms with Crippen molar-refractivity contribution in [2.75, 3.05) is 10.6 Å². The molecule has 4 N–H and O–H groups in total. The highest BCUT2D eigenvalue weighted by atomic mass is 16.2. The number of hydrogen-bond acceptors (Lipinski definition) is 6. The van der Waals surface area contributed by atoms with E-state index in [-0.39, 0.29) is 11.8 Å². The predicted molar refractivity (Wildman–Crippen MR) is 161 cm³/mol. The number of nitrogens with zero attached hydrogens (tertiary/aromatic N) is 2. The Hall–Kier alpha value is -4.46. The summed E-state index contributed by atoms with van der Waals surface area (Å²) in [5.41, 5.74) is 9.89. The number of anilines is 2. The number of rotatable bonds is 10. The van der Waals surface area contributed by atoms with Crippen LogP contribution in [0.5, 0.6) is 0 Å². The second-order valence-corrected chi connectivity index (χ2v) is 10.5. The van der Waals surface area contributed by atoms with E-state index in [0.717, 1.165) is 22.5 Å². The number of nitrogens with one attached hydrogen (secondary N) is 4. The molecule has 0 saturated heterocycles. The van der Waals surface area contributed by atoms with E-state index in [1.54, 1.807) is 36.7 Å². The van der Waals surface area contributed by atoms with Crippen molar-refractivity contribution in [1.29, 1.82) is 0 Å². The minimum absolute atomic E-state index is 0.272. The summed E-state index contributed by atoms with van der Waals surface area (Å²) in [4.78, 5) is 24.9. The molecule has 8 nitrogen and oxygen atoms in total. The van der Waals surface area contributed by atoms with Gasteiger partial charge in [0.25, 0.3) is 11.8 Å². The molecule has 2 fully saturated rings. The maximum absolute atomic E-state index is 12.5. The lowest BCUT2D eigenvalue weighted by atomic mass is 10.1. The molecule has 0 radical (unpaired) electrons. The fraction of sp³-hybridized carbons (Fsp3) is 0.312. The van der Waals surface area contributed by atoms with Crippen LogP contribution in [0.3, 0.4) is 0 Å². The Kier molecular flexibility index (Phi) is 9.19. The molecular formula is C32H36N6O2. The lowest BCUT2D eigenvalue weighted by Crippen LogP contribution is -2.18. The summed E-state index contributed by atoms with van der Waals surface area (Å²) < 4.78 is 0. The van der Waals surface area contributed by atoms with Crippen molar-refractivity contribution in [3.05, 3.63) is 95.1 Å². The van der Waals surface area contributed by atoms with Crippen molar-refractivity contribution in [2.45, 2.75) is 63.5 Å². The smallest absolute Gasteiger partial charge is 0.271 e. The Bertz CT molecular complexity index is 1240. The lowest BCUT2D eigenvalue weighted by Gasteiger charge is -2.13. The molecule has 5 rings (SSSR count). The molecule has 0 unspecified atom stereocenters. The summed E-state index contributed by atoms with van der Waals surface area (Å²) in [6.07, 6.45) is 13.0. The van der Waals surface area contributed by atoms with Gasteiger partial charge in [-0.15, -0.1) is 0 Å². The molecule has 2 aliphatic rings. The number of hydrogen-bond donors (Lipinski definition) is 4. The van der Waals surface area contributed by atoms with Crippen LogP contribution in [0, 0.1) is 0 Å². The van der Waals surface area contributed by atoms with Gasteiger partial charge in [-0.3, -0.25) is 9.59 Å². The topological polar surface area (TPSA) is 107 Å². The summed E-state index contributed by atoms with van der Waals surface area (Å²) in [5.74, 6) is -0.544. The van der Waals surface area contributed by atoms with E-state index in [1.165, 1.54) is 51.4 Å².